The van der Waals surface area contributed by atoms with Gasteiger partial charge in [-0.25, -0.2) is 0 Å². The van der Waals surface area contributed by atoms with Crippen molar-refractivity contribution in [2.24, 2.45) is 0 Å². The molecular formula is C21H22O4. The van der Waals surface area contributed by atoms with Crippen LogP contribution in [0.1, 0.15) is 48.6 Å². The van der Waals surface area contributed by atoms with Gasteiger partial charge in [-0.1, -0.05) is 51.1 Å². The Morgan fingerprint density at radius 1 is 1.00 bits per heavy atom. The van der Waals surface area contributed by atoms with Crippen LogP contribution in [0, 0.1) is 13.8 Å². The van der Waals surface area contributed by atoms with Gasteiger partial charge in [-0.3, -0.25) is 9.59 Å². The fraction of sp³-hybridized carbons (Fsp3) is 0.333. The third-order valence-corrected chi connectivity index (χ3v) is 5.27. The standard InChI is InChI=1S/C21H22O4/c1-11-10-15(20(3,4)5)16-13-8-6-7-9-14(13)21(18(22)23,19(24)25)17(16)12(11)2/h6-10H,1-5H3,(H,22,23)(H,24,25). The first kappa shape index (κ1) is 17.2. The summed E-state index contributed by atoms with van der Waals surface area (Å²) in [6.45, 7) is 9.89. The first-order valence-corrected chi connectivity index (χ1v) is 8.26. The molecule has 2 N–H and O–H groups in total. The lowest BCUT2D eigenvalue weighted by atomic mass is 9.73. The molecule has 3 rings (SSSR count). The van der Waals surface area contributed by atoms with Crippen molar-refractivity contribution >= 4 is 11.9 Å². The second-order valence-electron chi connectivity index (χ2n) is 7.77. The quantitative estimate of drug-likeness (QED) is 0.811. The zero-order valence-corrected chi connectivity index (χ0v) is 15.1. The number of hydrogen-bond donors (Lipinski definition) is 2. The van der Waals surface area contributed by atoms with Gasteiger partial charge in [-0.05, 0) is 58.2 Å². The summed E-state index contributed by atoms with van der Waals surface area (Å²) in [5, 5.41) is 20.1. The van der Waals surface area contributed by atoms with E-state index in [0.29, 0.717) is 16.7 Å². The summed E-state index contributed by atoms with van der Waals surface area (Å²) in [4.78, 5) is 24.7. The minimum atomic E-state index is -2.07. The largest absolute Gasteiger partial charge is 0.480 e. The van der Waals surface area contributed by atoms with Crippen molar-refractivity contribution in [3.63, 3.8) is 0 Å². The van der Waals surface area contributed by atoms with Gasteiger partial charge in [0.15, 0.2) is 0 Å². The molecule has 0 aromatic heterocycles. The van der Waals surface area contributed by atoms with Gasteiger partial charge >= 0.3 is 11.9 Å². The molecule has 25 heavy (non-hydrogen) atoms. The van der Waals surface area contributed by atoms with Crippen molar-refractivity contribution in [2.45, 2.75) is 45.4 Å². The first-order chi connectivity index (χ1) is 11.5. The van der Waals surface area contributed by atoms with Crippen LogP contribution in [-0.2, 0) is 20.4 Å². The molecule has 0 saturated carbocycles. The minimum Gasteiger partial charge on any atom is -0.480 e. The van der Waals surface area contributed by atoms with Gasteiger partial charge in [-0.15, -0.1) is 0 Å². The van der Waals surface area contributed by atoms with Crippen LogP contribution in [0.3, 0.4) is 0 Å². The van der Waals surface area contributed by atoms with Gasteiger partial charge in [0.1, 0.15) is 0 Å². The second kappa shape index (κ2) is 5.19. The van der Waals surface area contributed by atoms with Gasteiger partial charge in [0.2, 0.25) is 5.41 Å². The molecule has 2 aromatic carbocycles. The highest BCUT2D eigenvalue weighted by molar-refractivity contribution is 6.15. The number of rotatable bonds is 2. The predicted octanol–water partition coefficient (Wildman–Crippen LogP) is 4.04. The Bertz CT molecular complexity index is 902. The Morgan fingerprint density at radius 2 is 1.56 bits per heavy atom. The average molecular weight is 338 g/mol. The summed E-state index contributed by atoms with van der Waals surface area (Å²) in [5.74, 6) is -2.69. The maximum absolute atomic E-state index is 12.3. The van der Waals surface area contributed by atoms with Gasteiger partial charge in [0.05, 0.1) is 0 Å². The van der Waals surface area contributed by atoms with Gasteiger partial charge in [-0.2, -0.15) is 0 Å². The van der Waals surface area contributed by atoms with Crippen LogP contribution in [0.4, 0.5) is 0 Å². The molecule has 1 aliphatic rings. The molecule has 0 heterocycles. The Kier molecular flexibility index (Phi) is 3.57. The number of carboxylic acids is 2. The Balaban J connectivity index is 2.63. The summed E-state index contributed by atoms with van der Waals surface area (Å²) >= 11 is 0. The van der Waals surface area contributed by atoms with Crippen LogP contribution in [0.2, 0.25) is 0 Å². The van der Waals surface area contributed by atoms with Crippen LogP contribution < -0.4 is 0 Å². The summed E-state index contributed by atoms with van der Waals surface area (Å²) in [6, 6.07) is 9.03. The molecule has 4 nitrogen and oxygen atoms in total. The zero-order valence-electron chi connectivity index (χ0n) is 15.1. The third kappa shape index (κ3) is 2.06. The lowest BCUT2D eigenvalue weighted by Gasteiger charge is -2.28. The molecule has 1 aliphatic carbocycles. The van der Waals surface area contributed by atoms with Gasteiger partial charge in [0.25, 0.3) is 0 Å². The van der Waals surface area contributed by atoms with E-state index in [1.54, 1.807) is 12.1 Å². The number of fused-ring (bicyclic) bond motifs is 3. The summed E-state index contributed by atoms with van der Waals surface area (Å²) in [5.41, 5.74) is 2.49. The fourth-order valence-corrected chi connectivity index (χ4v) is 3.95. The number of carbonyl (C=O) groups is 2. The second-order valence-corrected chi connectivity index (χ2v) is 7.77. The fourth-order valence-electron chi connectivity index (χ4n) is 3.95. The maximum Gasteiger partial charge on any atom is 0.330 e. The summed E-state index contributed by atoms with van der Waals surface area (Å²) in [6.07, 6.45) is 0. The molecule has 4 heteroatoms. The molecule has 0 atom stereocenters. The Labute approximate surface area is 147 Å². The highest BCUT2D eigenvalue weighted by Crippen LogP contribution is 2.54. The molecule has 2 aromatic rings. The molecule has 130 valence electrons. The van der Waals surface area contributed by atoms with E-state index in [-0.39, 0.29) is 5.41 Å². The van der Waals surface area contributed by atoms with Gasteiger partial charge in [0, 0.05) is 0 Å². The highest BCUT2D eigenvalue weighted by Gasteiger charge is 2.57. The molecule has 0 saturated heterocycles. The van der Waals surface area contributed by atoms with E-state index in [1.165, 1.54) is 0 Å². The van der Waals surface area contributed by atoms with E-state index in [2.05, 4.69) is 26.8 Å². The molecule has 0 bridgehead atoms. The molecular weight excluding hydrogens is 316 g/mol. The molecule has 0 spiro atoms. The maximum atomic E-state index is 12.3. The van der Waals surface area contributed by atoms with Crippen LogP contribution in [0.5, 0.6) is 0 Å². The molecule has 0 aliphatic heterocycles. The number of benzene rings is 2. The van der Waals surface area contributed by atoms with Crippen molar-refractivity contribution in [3.05, 3.63) is 58.1 Å². The van der Waals surface area contributed by atoms with E-state index in [1.807, 2.05) is 26.0 Å². The lowest BCUT2D eigenvalue weighted by Crippen LogP contribution is -2.44. The zero-order chi connectivity index (χ0) is 18.7. The lowest BCUT2D eigenvalue weighted by molar-refractivity contribution is -0.155. The van der Waals surface area contributed by atoms with E-state index >= 15 is 0 Å². The first-order valence-electron chi connectivity index (χ1n) is 8.26. The monoisotopic (exact) mass is 338 g/mol. The molecule has 0 radical (unpaired) electrons. The van der Waals surface area contributed by atoms with E-state index in [4.69, 9.17) is 0 Å². The minimum absolute atomic E-state index is 0.247. The van der Waals surface area contributed by atoms with Crippen molar-refractivity contribution in [1.82, 2.24) is 0 Å². The Morgan fingerprint density at radius 3 is 2.08 bits per heavy atom. The van der Waals surface area contributed by atoms with E-state index in [0.717, 1.165) is 22.3 Å². The van der Waals surface area contributed by atoms with E-state index in [9.17, 15) is 19.8 Å². The van der Waals surface area contributed by atoms with Crippen molar-refractivity contribution in [2.75, 3.05) is 0 Å². The van der Waals surface area contributed by atoms with Crippen LogP contribution in [0.15, 0.2) is 30.3 Å². The van der Waals surface area contributed by atoms with Crippen LogP contribution in [0.25, 0.3) is 11.1 Å². The number of aryl methyl sites for hydroxylation is 1. The third-order valence-electron chi connectivity index (χ3n) is 5.27. The smallest absolute Gasteiger partial charge is 0.330 e. The highest BCUT2D eigenvalue weighted by atomic mass is 16.4. The van der Waals surface area contributed by atoms with Crippen LogP contribution in [-0.4, -0.2) is 22.2 Å². The normalized spacial score (nSPS) is 14.8. The van der Waals surface area contributed by atoms with Gasteiger partial charge < -0.3 is 10.2 Å². The van der Waals surface area contributed by atoms with E-state index < -0.39 is 17.4 Å². The summed E-state index contributed by atoms with van der Waals surface area (Å²) in [7, 11) is 0. The molecule has 0 amide bonds. The van der Waals surface area contributed by atoms with Crippen LogP contribution >= 0.6 is 0 Å². The SMILES string of the molecule is Cc1cc(C(C)(C)C)c2c(c1C)C(C(=O)O)(C(=O)O)c1ccccc1-2. The van der Waals surface area contributed by atoms with Crippen molar-refractivity contribution in [1.29, 1.82) is 0 Å². The molecule has 0 unspecified atom stereocenters. The molecule has 0 fully saturated rings. The number of hydrogen-bond acceptors (Lipinski definition) is 2. The Hall–Kier alpha value is -2.62. The predicted molar refractivity (Wildman–Crippen MR) is 96.1 cm³/mol. The topological polar surface area (TPSA) is 74.6 Å². The average Bonchev–Trinajstić information content (AvgIpc) is 2.82. The number of aliphatic carboxylic acids is 2. The van der Waals surface area contributed by atoms with Crippen molar-refractivity contribution in [3.8, 4) is 11.1 Å². The number of carboxylic acid groups (broad SMARTS) is 2. The summed E-state index contributed by atoms with van der Waals surface area (Å²) < 4.78 is 0. The van der Waals surface area contributed by atoms with Crippen molar-refractivity contribution < 1.29 is 19.8 Å².